The van der Waals surface area contributed by atoms with E-state index in [1.54, 1.807) is 68.4 Å². The molecule has 0 amide bonds. The number of hydrogen-bond donors (Lipinski definition) is 0. The third kappa shape index (κ3) is 5.13. The number of carbonyl (C=O) groups is 3. The van der Waals surface area contributed by atoms with Gasteiger partial charge in [0.1, 0.15) is 11.3 Å². The Morgan fingerprint density at radius 3 is 1.92 bits per heavy atom. The van der Waals surface area contributed by atoms with E-state index in [-0.39, 0.29) is 23.1 Å². The van der Waals surface area contributed by atoms with Crippen molar-refractivity contribution in [1.29, 1.82) is 0 Å². The molecule has 0 fully saturated rings. The highest BCUT2D eigenvalue weighted by Crippen LogP contribution is 2.36. The Bertz CT molecular complexity index is 1440. The minimum Gasteiger partial charge on any atom is -0.465 e. The monoisotopic (exact) mass is 498 g/mol. The second-order valence-electron chi connectivity index (χ2n) is 8.38. The maximum Gasteiger partial charge on any atom is 0.357 e. The number of esters is 3. The number of para-hydroxylation sites is 1. The van der Waals surface area contributed by atoms with Gasteiger partial charge in [-0.25, -0.2) is 19.1 Å². The molecule has 0 aliphatic heterocycles. The molecule has 0 bridgehead atoms. The van der Waals surface area contributed by atoms with Crippen LogP contribution >= 0.6 is 0 Å². The van der Waals surface area contributed by atoms with Gasteiger partial charge in [-0.2, -0.15) is 5.10 Å². The summed E-state index contributed by atoms with van der Waals surface area (Å²) in [6.07, 6.45) is -0.228. The largest absolute Gasteiger partial charge is 0.465 e. The fourth-order valence-corrected chi connectivity index (χ4v) is 3.95. The lowest BCUT2D eigenvalue weighted by Crippen LogP contribution is -2.15. The molecule has 188 valence electrons. The van der Waals surface area contributed by atoms with Crippen LogP contribution in [-0.4, -0.2) is 48.0 Å². The first-order valence-corrected chi connectivity index (χ1v) is 11.6. The van der Waals surface area contributed by atoms with E-state index in [1.165, 1.54) is 18.9 Å². The van der Waals surface area contributed by atoms with Crippen LogP contribution < -0.4 is 0 Å². The van der Waals surface area contributed by atoms with Crippen molar-refractivity contribution in [3.8, 4) is 28.1 Å². The van der Waals surface area contributed by atoms with Crippen LogP contribution in [0.1, 0.15) is 45.1 Å². The molecule has 0 unspecified atom stereocenters. The van der Waals surface area contributed by atoms with Crippen LogP contribution in [0.2, 0.25) is 0 Å². The minimum atomic E-state index is -0.728. The maximum absolute atomic E-state index is 13.0. The molecule has 8 heteroatoms. The Morgan fingerprint density at radius 1 is 0.730 bits per heavy atom. The maximum atomic E-state index is 13.0. The molecule has 0 atom stereocenters. The van der Waals surface area contributed by atoms with E-state index < -0.39 is 17.9 Å². The van der Waals surface area contributed by atoms with Crippen LogP contribution in [0.5, 0.6) is 0 Å². The summed E-state index contributed by atoms with van der Waals surface area (Å²) in [5.41, 5.74) is 3.32. The summed E-state index contributed by atoms with van der Waals surface area (Å²) < 4.78 is 16.7. The minimum absolute atomic E-state index is 0.0113. The number of carbonyl (C=O) groups excluding carboxylic acids is 3. The molecular formula is C29H26N2O6. The van der Waals surface area contributed by atoms with Crippen LogP contribution in [0.15, 0.2) is 78.9 Å². The summed E-state index contributed by atoms with van der Waals surface area (Å²) in [5.74, 6) is -1.86. The Kier molecular flexibility index (Phi) is 7.48. The van der Waals surface area contributed by atoms with E-state index in [0.29, 0.717) is 16.8 Å². The molecule has 1 heterocycles. The van der Waals surface area contributed by atoms with Gasteiger partial charge >= 0.3 is 17.9 Å². The standard InChI is InChI=1S/C29H26N2O6/c1-18(2)37-27(32)20-16-14-19(15-17-20)22-12-8-9-13-23(22)25-24(28(33)35-3)26(29(34)36-4)31(30-25)21-10-6-5-7-11-21/h5-18H,1-4H3. The number of ether oxygens (including phenoxy) is 3. The van der Waals surface area contributed by atoms with E-state index in [4.69, 9.17) is 19.3 Å². The van der Waals surface area contributed by atoms with Gasteiger partial charge in [0.25, 0.3) is 0 Å². The van der Waals surface area contributed by atoms with E-state index in [1.807, 2.05) is 24.3 Å². The number of methoxy groups -OCH3 is 2. The van der Waals surface area contributed by atoms with Gasteiger partial charge < -0.3 is 14.2 Å². The zero-order chi connectivity index (χ0) is 26.5. The van der Waals surface area contributed by atoms with E-state index >= 15 is 0 Å². The third-order valence-corrected chi connectivity index (χ3v) is 5.61. The summed E-state index contributed by atoms with van der Waals surface area (Å²) >= 11 is 0. The third-order valence-electron chi connectivity index (χ3n) is 5.61. The second-order valence-corrected chi connectivity index (χ2v) is 8.38. The van der Waals surface area contributed by atoms with Crippen LogP contribution in [-0.2, 0) is 14.2 Å². The number of hydrogen-bond acceptors (Lipinski definition) is 7. The molecule has 0 saturated heterocycles. The predicted octanol–water partition coefficient (Wildman–Crippen LogP) is 5.34. The molecule has 3 aromatic carbocycles. The van der Waals surface area contributed by atoms with Crippen LogP contribution in [0.4, 0.5) is 0 Å². The summed E-state index contributed by atoms with van der Waals surface area (Å²) in [6.45, 7) is 3.58. The van der Waals surface area contributed by atoms with Gasteiger partial charge in [0.2, 0.25) is 0 Å². The molecule has 0 aliphatic carbocycles. The highest BCUT2D eigenvalue weighted by molar-refractivity contribution is 6.08. The molecular weight excluding hydrogens is 472 g/mol. The quantitative estimate of drug-likeness (QED) is 0.250. The zero-order valence-corrected chi connectivity index (χ0v) is 20.9. The van der Waals surface area contributed by atoms with Crippen molar-refractivity contribution >= 4 is 17.9 Å². The number of rotatable bonds is 7. The van der Waals surface area contributed by atoms with E-state index in [0.717, 1.165) is 11.1 Å². The van der Waals surface area contributed by atoms with Crippen molar-refractivity contribution < 1.29 is 28.6 Å². The Morgan fingerprint density at radius 2 is 1.32 bits per heavy atom. The molecule has 0 N–H and O–H groups in total. The summed E-state index contributed by atoms with van der Waals surface area (Å²) in [7, 11) is 2.49. The molecule has 0 saturated carbocycles. The molecule has 4 rings (SSSR count). The van der Waals surface area contributed by atoms with Gasteiger partial charge in [0, 0.05) is 5.56 Å². The lowest BCUT2D eigenvalue weighted by atomic mass is 9.94. The Labute approximate surface area is 214 Å². The average Bonchev–Trinajstić information content (AvgIpc) is 3.33. The normalized spacial score (nSPS) is 10.7. The predicted molar refractivity (Wildman–Crippen MR) is 138 cm³/mol. The molecule has 4 aromatic rings. The van der Waals surface area contributed by atoms with Crippen LogP contribution in [0.25, 0.3) is 28.1 Å². The summed E-state index contributed by atoms with van der Waals surface area (Å²) in [4.78, 5) is 38.2. The van der Waals surface area contributed by atoms with Gasteiger partial charge in [-0.05, 0) is 49.2 Å². The zero-order valence-electron chi connectivity index (χ0n) is 20.9. The second kappa shape index (κ2) is 10.9. The molecule has 1 aromatic heterocycles. The molecule has 0 radical (unpaired) electrons. The first-order chi connectivity index (χ1) is 17.8. The lowest BCUT2D eigenvalue weighted by molar-refractivity contribution is 0.0377. The van der Waals surface area contributed by atoms with Crippen LogP contribution in [0.3, 0.4) is 0 Å². The fourth-order valence-electron chi connectivity index (χ4n) is 3.95. The van der Waals surface area contributed by atoms with Crippen molar-refractivity contribution in [2.75, 3.05) is 14.2 Å². The fraction of sp³-hybridized carbons (Fsp3) is 0.172. The summed E-state index contributed by atoms with van der Waals surface area (Å²) in [6, 6.07) is 23.3. The van der Waals surface area contributed by atoms with Crippen molar-refractivity contribution in [1.82, 2.24) is 9.78 Å². The van der Waals surface area contributed by atoms with Gasteiger partial charge in [-0.15, -0.1) is 0 Å². The number of aromatic nitrogens is 2. The highest BCUT2D eigenvalue weighted by Gasteiger charge is 2.32. The smallest absolute Gasteiger partial charge is 0.357 e. The Hall–Kier alpha value is -4.72. The van der Waals surface area contributed by atoms with Gasteiger partial charge in [0.15, 0.2) is 5.69 Å². The van der Waals surface area contributed by atoms with Crippen molar-refractivity contribution in [2.24, 2.45) is 0 Å². The van der Waals surface area contributed by atoms with Crippen molar-refractivity contribution in [3.63, 3.8) is 0 Å². The Balaban J connectivity index is 1.91. The molecule has 8 nitrogen and oxygen atoms in total. The first-order valence-electron chi connectivity index (χ1n) is 11.6. The topological polar surface area (TPSA) is 96.7 Å². The number of nitrogens with zero attached hydrogens (tertiary/aromatic N) is 2. The number of benzene rings is 3. The molecule has 0 aliphatic rings. The van der Waals surface area contributed by atoms with Crippen LogP contribution in [0, 0.1) is 0 Å². The van der Waals surface area contributed by atoms with Crippen molar-refractivity contribution in [2.45, 2.75) is 20.0 Å². The van der Waals surface area contributed by atoms with Gasteiger partial charge in [0.05, 0.1) is 31.6 Å². The summed E-state index contributed by atoms with van der Waals surface area (Å²) in [5, 5.41) is 4.69. The van der Waals surface area contributed by atoms with Crippen molar-refractivity contribution in [3.05, 3.63) is 95.7 Å². The average molecular weight is 499 g/mol. The van der Waals surface area contributed by atoms with E-state index in [9.17, 15) is 14.4 Å². The first kappa shape index (κ1) is 25.4. The van der Waals surface area contributed by atoms with E-state index in [2.05, 4.69) is 0 Å². The lowest BCUT2D eigenvalue weighted by Gasteiger charge is -2.11. The van der Waals surface area contributed by atoms with Gasteiger partial charge in [-0.1, -0.05) is 54.6 Å². The van der Waals surface area contributed by atoms with Gasteiger partial charge in [-0.3, -0.25) is 0 Å². The highest BCUT2D eigenvalue weighted by atomic mass is 16.5. The SMILES string of the molecule is COC(=O)c1c(-c2ccccc2-c2ccc(C(=O)OC(C)C)cc2)nn(-c2ccccc2)c1C(=O)OC. The molecule has 37 heavy (non-hydrogen) atoms. The molecule has 0 spiro atoms.